The summed E-state index contributed by atoms with van der Waals surface area (Å²) in [6.07, 6.45) is -0.473. The molecule has 3 nitrogen and oxygen atoms in total. The third kappa shape index (κ3) is 5.49. The molecule has 0 aromatic carbocycles. The molecule has 0 saturated carbocycles. The first-order valence-corrected chi connectivity index (χ1v) is 6.36. The molecule has 1 aromatic heterocycles. The van der Waals surface area contributed by atoms with Crippen LogP contribution < -0.4 is 10.1 Å². The van der Waals surface area contributed by atoms with E-state index in [2.05, 4.69) is 26.1 Å². The fraction of sp³-hybridized carbons (Fsp3) is 0.667. The monoisotopic (exact) mass is 243 g/mol. The summed E-state index contributed by atoms with van der Waals surface area (Å²) in [6.45, 7) is 9.13. The van der Waals surface area contributed by atoms with E-state index in [9.17, 15) is 5.11 Å². The molecule has 0 saturated heterocycles. The lowest BCUT2D eigenvalue weighted by molar-refractivity contribution is 0.100. The molecule has 0 amide bonds. The van der Waals surface area contributed by atoms with Crippen LogP contribution in [0.15, 0.2) is 11.4 Å². The van der Waals surface area contributed by atoms with E-state index in [-0.39, 0.29) is 5.54 Å². The van der Waals surface area contributed by atoms with Crippen LogP contribution in [0.1, 0.15) is 25.6 Å². The van der Waals surface area contributed by atoms with E-state index in [4.69, 9.17) is 4.74 Å². The Morgan fingerprint density at radius 3 is 2.69 bits per heavy atom. The van der Waals surface area contributed by atoms with Gasteiger partial charge in [0.05, 0.1) is 0 Å². The minimum Gasteiger partial charge on any atom is -0.490 e. The number of hydrogen-bond donors (Lipinski definition) is 2. The Kier molecular flexibility index (Phi) is 4.77. The molecule has 1 rings (SSSR count). The summed E-state index contributed by atoms with van der Waals surface area (Å²) in [7, 11) is 0. The van der Waals surface area contributed by atoms with Crippen LogP contribution in [0.5, 0.6) is 5.75 Å². The van der Waals surface area contributed by atoms with Gasteiger partial charge < -0.3 is 15.2 Å². The topological polar surface area (TPSA) is 41.5 Å². The number of aliphatic hydroxyl groups excluding tert-OH is 1. The van der Waals surface area contributed by atoms with E-state index in [1.54, 1.807) is 11.3 Å². The smallest absolute Gasteiger partial charge is 0.130 e. The average Bonchev–Trinajstić information content (AvgIpc) is 2.57. The second kappa shape index (κ2) is 5.66. The highest BCUT2D eigenvalue weighted by atomic mass is 32.1. The lowest BCUT2D eigenvalue weighted by Gasteiger charge is -2.22. The van der Waals surface area contributed by atoms with Gasteiger partial charge in [-0.25, -0.2) is 0 Å². The largest absolute Gasteiger partial charge is 0.490 e. The van der Waals surface area contributed by atoms with Gasteiger partial charge >= 0.3 is 0 Å². The minimum atomic E-state index is -0.473. The zero-order valence-electron chi connectivity index (χ0n) is 10.4. The molecule has 0 fully saturated rings. The molecule has 0 aliphatic rings. The molecular formula is C12H21NO2S. The summed E-state index contributed by atoms with van der Waals surface area (Å²) in [5.74, 6) is 0.845. The molecule has 1 aromatic rings. The van der Waals surface area contributed by atoms with E-state index < -0.39 is 6.10 Å². The van der Waals surface area contributed by atoms with Crippen LogP contribution in [0, 0.1) is 6.92 Å². The van der Waals surface area contributed by atoms with Crippen molar-refractivity contribution >= 4 is 11.3 Å². The van der Waals surface area contributed by atoms with Crippen molar-refractivity contribution in [3.8, 4) is 5.75 Å². The van der Waals surface area contributed by atoms with Crippen molar-refractivity contribution in [1.82, 2.24) is 5.32 Å². The minimum absolute atomic E-state index is 0.0277. The van der Waals surface area contributed by atoms with E-state index in [0.717, 1.165) is 5.75 Å². The Hall–Kier alpha value is -0.580. The first-order valence-electron chi connectivity index (χ1n) is 5.48. The normalized spacial score (nSPS) is 13.8. The van der Waals surface area contributed by atoms with Crippen molar-refractivity contribution < 1.29 is 9.84 Å². The molecular weight excluding hydrogens is 222 g/mol. The van der Waals surface area contributed by atoms with Gasteiger partial charge in [-0.3, -0.25) is 0 Å². The van der Waals surface area contributed by atoms with E-state index >= 15 is 0 Å². The van der Waals surface area contributed by atoms with E-state index in [1.807, 2.05) is 18.4 Å². The van der Waals surface area contributed by atoms with Crippen molar-refractivity contribution in [2.24, 2.45) is 0 Å². The maximum absolute atomic E-state index is 9.70. The zero-order chi connectivity index (χ0) is 12.2. The van der Waals surface area contributed by atoms with Crippen LogP contribution in [-0.2, 0) is 0 Å². The third-order valence-electron chi connectivity index (χ3n) is 2.02. The van der Waals surface area contributed by atoms with Crippen LogP contribution in [0.2, 0.25) is 0 Å². The van der Waals surface area contributed by atoms with Gasteiger partial charge in [0.1, 0.15) is 18.5 Å². The summed E-state index contributed by atoms with van der Waals surface area (Å²) < 4.78 is 5.47. The van der Waals surface area contributed by atoms with Gasteiger partial charge in [0.2, 0.25) is 0 Å². The Balaban J connectivity index is 2.22. The lowest BCUT2D eigenvalue weighted by atomic mass is 10.1. The summed E-state index contributed by atoms with van der Waals surface area (Å²) in [5.41, 5.74) is 0.0277. The predicted molar refractivity (Wildman–Crippen MR) is 68.3 cm³/mol. The molecule has 2 N–H and O–H groups in total. The number of β-amino-alcohol motifs (C(OH)–C–C–N with tert-alkyl or cyclic N) is 1. The van der Waals surface area contributed by atoms with Crippen LogP contribution in [0.25, 0.3) is 0 Å². The summed E-state index contributed by atoms with van der Waals surface area (Å²) in [6, 6.07) is 1.98. The molecule has 92 valence electrons. The van der Waals surface area contributed by atoms with Gasteiger partial charge in [-0.1, -0.05) is 0 Å². The molecule has 0 aliphatic heterocycles. The van der Waals surface area contributed by atoms with Crippen molar-refractivity contribution in [3.05, 3.63) is 16.3 Å². The van der Waals surface area contributed by atoms with Gasteiger partial charge in [-0.2, -0.15) is 0 Å². The molecule has 0 bridgehead atoms. The zero-order valence-corrected chi connectivity index (χ0v) is 11.2. The number of rotatable bonds is 5. The predicted octanol–water partition coefficient (Wildman–Crippen LogP) is 2.18. The van der Waals surface area contributed by atoms with Crippen molar-refractivity contribution in [1.29, 1.82) is 0 Å². The molecule has 4 heteroatoms. The molecule has 1 atom stereocenters. The fourth-order valence-electron chi connectivity index (χ4n) is 1.17. The SMILES string of the molecule is Cc1cc(OC[C@H](O)CNC(C)(C)C)cs1. The summed E-state index contributed by atoms with van der Waals surface area (Å²) in [5, 5.41) is 14.9. The van der Waals surface area contributed by atoms with Crippen molar-refractivity contribution in [2.45, 2.75) is 39.3 Å². The number of thiophene rings is 1. The second-order valence-electron chi connectivity index (χ2n) is 4.99. The van der Waals surface area contributed by atoms with Gasteiger partial charge in [-0.05, 0) is 33.8 Å². The highest BCUT2D eigenvalue weighted by Gasteiger charge is 2.12. The second-order valence-corrected chi connectivity index (χ2v) is 6.10. The quantitative estimate of drug-likeness (QED) is 0.833. The molecule has 16 heavy (non-hydrogen) atoms. The first-order chi connectivity index (χ1) is 7.37. The Bertz CT molecular complexity index is 317. The molecule has 0 spiro atoms. The highest BCUT2D eigenvalue weighted by molar-refractivity contribution is 7.10. The lowest BCUT2D eigenvalue weighted by Crippen LogP contribution is -2.42. The standard InChI is InChI=1S/C12H21NO2S/c1-9-5-11(8-16-9)15-7-10(14)6-13-12(2,3)4/h5,8,10,13-14H,6-7H2,1-4H3/t10-/m1/s1. The van der Waals surface area contributed by atoms with E-state index in [0.29, 0.717) is 13.2 Å². The van der Waals surface area contributed by atoms with Crippen molar-refractivity contribution in [2.75, 3.05) is 13.2 Å². The van der Waals surface area contributed by atoms with Gasteiger partial charge in [0.15, 0.2) is 0 Å². The number of aliphatic hydroxyl groups is 1. The first kappa shape index (κ1) is 13.5. The van der Waals surface area contributed by atoms with Crippen LogP contribution >= 0.6 is 11.3 Å². The van der Waals surface area contributed by atoms with Gasteiger partial charge in [0, 0.05) is 22.3 Å². The number of hydrogen-bond acceptors (Lipinski definition) is 4. The molecule has 0 unspecified atom stereocenters. The fourth-order valence-corrected chi connectivity index (χ4v) is 1.79. The Morgan fingerprint density at radius 1 is 1.50 bits per heavy atom. The summed E-state index contributed by atoms with van der Waals surface area (Å²) >= 11 is 1.65. The Morgan fingerprint density at radius 2 is 2.19 bits per heavy atom. The summed E-state index contributed by atoms with van der Waals surface area (Å²) in [4.78, 5) is 1.22. The number of aryl methyl sites for hydroxylation is 1. The molecule has 1 heterocycles. The maximum atomic E-state index is 9.70. The Labute approximate surface area is 101 Å². The third-order valence-corrected chi connectivity index (χ3v) is 2.86. The van der Waals surface area contributed by atoms with Crippen molar-refractivity contribution in [3.63, 3.8) is 0 Å². The highest BCUT2D eigenvalue weighted by Crippen LogP contribution is 2.20. The van der Waals surface area contributed by atoms with Gasteiger partial charge in [0.25, 0.3) is 0 Å². The van der Waals surface area contributed by atoms with Gasteiger partial charge in [-0.15, -0.1) is 11.3 Å². The van der Waals surface area contributed by atoms with Crippen LogP contribution in [0.4, 0.5) is 0 Å². The number of ether oxygens (including phenoxy) is 1. The van der Waals surface area contributed by atoms with Crippen LogP contribution in [-0.4, -0.2) is 29.9 Å². The van der Waals surface area contributed by atoms with Crippen LogP contribution in [0.3, 0.4) is 0 Å². The van der Waals surface area contributed by atoms with E-state index in [1.165, 1.54) is 4.88 Å². The number of nitrogens with one attached hydrogen (secondary N) is 1. The molecule has 0 radical (unpaired) electrons. The maximum Gasteiger partial charge on any atom is 0.130 e. The molecule has 0 aliphatic carbocycles. The average molecular weight is 243 g/mol.